The van der Waals surface area contributed by atoms with Gasteiger partial charge in [0, 0.05) is 43.2 Å². The zero-order valence-electron chi connectivity index (χ0n) is 22.2. The predicted octanol–water partition coefficient (Wildman–Crippen LogP) is 4.94. The summed E-state index contributed by atoms with van der Waals surface area (Å²) < 4.78 is 30.8. The number of aromatic nitrogens is 1. The summed E-state index contributed by atoms with van der Waals surface area (Å²) in [5, 5.41) is 1.60. The molecule has 2 aliphatic rings. The second kappa shape index (κ2) is 11.2. The van der Waals surface area contributed by atoms with Crippen LogP contribution in [-0.2, 0) is 21.5 Å². The van der Waals surface area contributed by atoms with E-state index in [-0.39, 0.29) is 24.6 Å². The average molecular weight is 569 g/mol. The molecule has 1 N–H and O–H groups in total. The van der Waals surface area contributed by atoms with Gasteiger partial charge in [-0.2, -0.15) is 12.7 Å². The van der Waals surface area contributed by atoms with Crippen LogP contribution < -0.4 is 4.72 Å². The smallest absolute Gasteiger partial charge is 0.304 e. The van der Waals surface area contributed by atoms with Gasteiger partial charge in [0.1, 0.15) is 6.54 Å². The molecule has 2 bridgehead atoms. The van der Waals surface area contributed by atoms with Crippen molar-refractivity contribution in [3.05, 3.63) is 70.8 Å². The Balaban J connectivity index is 1.76. The fraction of sp³-hybridized carbons (Fsp3) is 0.379. The molecule has 2 heterocycles. The zero-order chi connectivity index (χ0) is 27.7. The van der Waals surface area contributed by atoms with Gasteiger partial charge in [0.2, 0.25) is 5.91 Å². The number of nitrogens with zero attached hydrogens (tertiary/aromatic N) is 3. The van der Waals surface area contributed by atoms with E-state index in [1.54, 1.807) is 36.2 Å². The van der Waals surface area contributed by atoms with Crippen LogP contribution in [0.4, 0.5) is 0 Å². The molecule has 0 saturated heterocycles. The summed E-state index contributed by atoms with van der Waals surface area (Å²) in [5.74, 6) is -0.498. The van der Waals surface area contributed by atoms with Crippen LogP contribution in [0.25, 0.3) is 22.2 Å². The minimum absolute atomic E-state index is 0.0646. The minimum atomic E-state index is -4.05. The molecule has 1 aliphatic heterocycles. The molecular weight excluding hydrogens is 536 g/mol. The minimum Gasteiger partial charge on any atom is -0.340 e. The molecular formula is C29H33ClN4O4S. The third-order valence-electron chi connectivity index (χ3n) is 7.76. The Labute approximate surface area is 234 Å². The highest BCUT2D eigenvalue weighted by atomic mass is 35.5. The Kier molecular flexibility index (Phi) is 7.84. The Morgan fingerprint density at radius 3 is 2.28 bits per heavy atom. The first-order valence-corrected chi connectivity index (χ1v) is 15.1. The Hall–Kier alpha value is -3.14. The Morgan fingerprint density at radius 2 is 1.56 bits per heavy atom. The maximum atomic E-state index is 13.5. The highest BCUT2D eigenvalue weighted by molar-refractivity contribution is 7.87. The van der Waals surface area contributed by atoms with Crippen molar-refractivity contribution in [2.24, 2.45) is 0 Å². The molecule has 1 saturated carbocycles. The first-order chi connectivity index (χ1) is 18.7. The van der Waals surface area contributed by atoms with Gasteiger partial charge in [-0.05, 0) is 54.2 Å². The van der Waals surface area contributed by atoms with E-state index in [1.165, 1.54) is 19.0 Å². The van der Waals surface area contributed by atoms with E-state index < -0.39 is 16.1 Å². The lowest BCUT2D eigenvalue weighted by atomic mass is 9.82. The highest BCUT2D eigenvalue weighted by Gasteiger charge is 2.29. The van der Waals surface area contributed by atoms with Gasteiger partial charge in [0.25, 0.3) is 5.91 Å². The summed E-state index contributed by atoms with van der Waals surface area (Å²) in [7, 11) is -0.919. The summed E-state index contributed by atoms with van der Waals surface area (Å²) in [6, 6.07) is 12.9. The Bertz CT molecular complexity index is 1540. The average Bonchev–Trinajstić information content (AvgIpc) is 3.24. The molecule has 2 amide bonds. The first kappa shape index (κ1) is 27.4. The highest BCUT2D eigenvalue weighted by Crippen LogP contribution is 2.44. The molecule has 1 fully saturated rings. The van der Waals surface area contributed by atoms with E-state index in [4.69, 9.17) is 11.6 Å². The van der Waals surface area contributed by atoms with Crippen molar-refractivity contribution >= 4 is 44.5 Å². The van der Waals surface area contributed by atoms with Gasteiger partial charge in [0.05, 0.1) is 11.2 Å². The molecule has 1 aromatic heterocycles. The molecule has 206 valence electrons. The number of halogens is 1. The van der Waals surface area contributed by atoms with Gasteiger partial charge in [0.15, 0.2) is 0 Å². The molecule has 0 spiro atoms. The van der Waals surface area contributed by atoms with Crippen LogP contribution in [-0.4, -0.2) is 61.2 Å². The second-order valence-corrected chi connectivity index (χ2v) is 12.6. The first-order valence-electron chi connectivity index (χ1n) is 13.2. The van der Waals surface area contributed by atoms with Crippen molar-refractivity contribution in [1.82, 2.24) is 18.5 Å². The van der Waals surface area contributed by atoms with E-state index >= 15 is 0 Å². The lowest BCUT2D eigenvalue weighted by Gasteiger charge is -2.24. The number of rotatable bonds is 2. The van der Waals surface area contributed by atoms with Crippen molar-refractivity contribution < 1.29 is 18.0 Å². The van der Waals surface area contributed by atoms with Gasteiger partial charge in [-0.15, -0.1) is 0 Å². The van der Waals surface area contributed by atoms with Crippen LogP contribution in [0.2, 0.25) is 5.02 Å². The number of benzene rings is 2. The molecule has 1 aliphatic carbocycles. The largest absolute Gasteiger partial charge is 0.340 e. The van der Waals surface area contributed by atoms with E-state index in [1.807, 2.05) is 34.9 Å². The molecule has 0 radical (unpaired) electrons. The molecule has 8 nitrogen and oxygen atoms in total. The van der Waals surface area contributed by atoms with Crippen LogP contribution >= 0.6 is 11.6 Å². The molecule has 2 aromatic carbocycles. The van der Waals surface area contributed by atoms with E-state index in [9.17, 15) is 18.0 Å². The summed E-state index contributed by atoms with van der Waals surface area (Å²) >= 11 is 6.23. The summed E-state index contributed by atoms with van der Waals surface area (Å²) in [6.07, 6.45) is 8.99. The van der Waals surface area contributed by atoms with E-state index in [2.05, 4.69) is 4.72 Å². The summed E-state index contributed by atoms with van der Waals surface area (Å²) in [4.78, 5) is 28.3. The normalized spacial score (nSPS) is 20.5. The monoisotopic (exact) mass is 568 g/mol. The number of hydrogen-bond donors (Lipinski definition) is 1. The van der Waals surface area contributed by atoms with Gasteiger partial charge >= 0.3 is 10.2 Å². The number of nitrogens with one attached hydrogen (secondary N) is 1. The quantitative estimate of drug-likeness (QED) is 0.443. The van der Waals surface area contributed by atoms with Crippen LogP contribution in [0, 0.1) is 0 Å². The van der Waals surface area contributed by atoms with Crippen molar-refractivity contribution in [3.8, 4) is 11.3 Å². The number of fused-ring (bicyclic) bond motifs is 1. The van der Waals surface area contributed by atoms with Gasteiger partial charge in [-0.1, -0.05) is 61.2 Å². The topological polar surface area (TPSA) is 91.7 Å². The molecule has 3 aromatic rings. The van der Waals surface area contributed by atoms with Crippen molar-refractivity contribution in [1.29, 1.82) is 0 Å². The lowest BCUT2D eigenvalue weighted by Crippen LogP contribution is -2.41. The van der Waals surface area contributed by atoms with Crippen LogP contribution in [0.3, 0.4) is 0 Å². The van der Waals surface area contributed by atoms with E-state index in [0.717, 1.165) is 52.1 Å². The van der Waals surface area contributed by atoms with Crippen molar-refractivity contribution in [3.63, 3.8) is 0 Å². The number of likely N-dealkylation sites (N-methyl/N-ethyl adjacent to an activating group) is 2. The second-order valence-electron chi connectivity index (χ2n) is 10.4. The van der Waals surface area contributed by atoms with Crippen LogP contribution in [0.1, 0.15) is 53.9 Å². The molecule has 0 atom stereocenters. The Morgan fingerprint density at radius 1 is 0.897 bits per heavy atom. The van der Waals surface area contributed by atoms with Gasteiger partial charge in [-0.25, -0.2) is 4.72 Å². The molecule has 5 rings (SSSR count). The number of carbonyl (C=O) groups is 2. The third kappa shape index (κ3) is 5.62. The number of amides is 2. The molecule has 0 unspecified atom stereocenters. The van der Waals surface area contributed by atoms with E-state index in [0.29, 0.717) is 17.5 Å². The molecule has 39 heavy (non-hydrogen) atoms. The summed E-state index contributed by atoms with van der Waals surface area (Å²) in [6.45, 7) is 0.471. The number of hydrogen-bond acceptors (Lipinski definition) is 4. The molecule has 10 heteroatoms. The fourth-order valence-electron chi connectivity index (χ4n) is 5.57. The van der Waals surface area contributed by atoms with Gasteiger partial charge < -0.3 is 9.47 Å². The van der Waals surface area contributed by atoms with Crippen LogP contribution in [0.5, 0.6) is 0 Å². The third-order valence-corrected chi connectivity index (χ3v) is 9.42. The van der Waals surface area contributed by atoms with Crippen molar-refractivity contribution in [2.75, 3.05) is 27.2 Å². The van der Waals surface area contributed by atoms with Gasteiger partial charge in [-0.3, -0.25) is 9.59 Å². The standard InChI is InChI=1S/C29H33ClN4O4S/c1-32-16-6-7-17-33(2)39(37,38)31-29(36)22-12-15-24-25(18-22)34(19-26(32)35)28(21-10-13-23(30)14-11-21)27(24)20-8-4-3-5-9-20/h6-7,10-15,18,20H,3-5,8-9,16-17,19H2,1-2H3,(H,31,36)/b7-6-. The summed E-state index contributed by atoms with van der Waals surface area (Å²) in [5.41, 5.74) is 4.00. The SMILES string of the molecule is CN1C/C=C\CN(C)S(=O)(=O)NC(=O)c2ccc3c(C4CCCCC4)c(-c4ccc(Cl)cc4)n(c3c2)CC1=O. The van der Waals surface area contributed by atoms with Crippen molar-refractivity contribution in [2.45, 2.75) is 44.6 Å². The van der Waals surface area contributed by atoms with Crippen LogP contribution in [0.15, 0.2) is 54.6 Å². The maximum Gasteiger partial charge on any atom is 0.304 e. The number of carbonyl (C=O) groups excluding carboxylic acids is 2. The fourth-order valence-corrected chi connectivity index (χ4v) is 6.49. The zero-order valence-corrected chi connectivity index (χ0v) is 23.8. The lowest BCUT2D eigenvalue weighted by molar-refractivity contribution is -0.129. The maximum absolute atomic E-state index is 13.5. The predicted molar refractivity (Wildman–Crippen MR) is 154 cm³/mol.